The van der Waals surface area contributed by atoms with Crippen LogP contribution < -0.4 is 10.1 Å². The predicted octanol–water partition coefficient (Wildman–Crippen LogP) is 4.30. The molecular formula is C31H39N5O6. The molecule has 0 spiro atoms. The molecule has 3 aliphatic rings. The van der Waals surface area contributed by atoms with Crippen LogP contribution in [0.2, 0.25) is 0 Å². The lowest BCUT2D eigenvalue weighted by Crippen LogP contribution is -2.50. The van der Waals surface area contributed by atoms with E-state index in [0.29, 0.717) is 60.4 Å². The lowest BCUT2D eigenvalue weighted by atomic mass is 10.0. The molecule has 4 heterocycles. The van der Waals surface area contributed by atoms with Crippen LogP contribution in [-0.4, -0.2) is 75.4 Å². The minimum atomic E-state index is -0.593. The number of methoxy groups -OCH3 is 1. The van der Waals surface area contributed by atoms with Crippen molar-refractivity contribution in [2.45, 2.75) is 71.1 Å². The minimum absolute atomic E-state index is 0.145. The molecule has 11 heteroatoms. The summed E-state index contributed by atoms with van der Waals surface area (Å²) in [5.41, 5.74) is 3.75. The van der Waals surface area contributed by atoms with Crippen molar-refractivity contribution in [1.29, 1.82) is 0 Å². The Morgan fingerprint density at radius 1 is 1.17 bits per heavy atom. The number of piperidine rings is 1. The maximum Gasteiger partial charge on any atom is 0.407 e. The topological polar surface area (TPSA) is 117 Å². The van der Waals surface area contributed by atoms with Crippen LogP contribution in [0.4, 0.5) is 4.79 Å². The highest BCUT2D eigenvalue weighted by molar-refractivity contribution is 6.00. The van der Waals surface area contributed by atoms with Crippen molar-refractivity contribution in [1.82, 2.24) is 24.3 Å². The van der Waals surface area contributed by atoms with Gasteiger partial charge in [-0.05, 0) is 76.1 Å². The van der Waals surface area contributed by atoms with Crippen LogP contribution in [0.5, 0.6) is 5.75 Å². The molecule has 1 N–H and O–H groups in total. The maximum absolute atomic E-state index is 13.7. The van der Waals surface area contributed by atoms with Gasteiger partial charge in [-0.1, -0.05) is 0 Å². The molecule has 0 bridgehead atoms. The fourth-order valence-electron chi connectivity index (χ4n) is 6.05. The molecular weight excluding hydrogens is 538 g/mol. The Balaban J connectivity index is 1.31. The number of aromatic nitrogens is 3. The number of hydrogen-bond acceptors (Lipinski definition) is 7. The number of alkyl carbamates (subject to hydrolysis) is 1. The maximum atomic E-state index is 13.7. The normalized spacial score (nSPS) is 18.9. The van der Waals surface area contributed by atoms with Gasteiger partial charge in [0.25, 0.3) is 5.91 Å². The van der Waals surface area contributed by atoms with Crippen molar-refractivity contribution in [3.05, 3.63) is 35.0 Å². The quantitative estimate of drug-likeness (QED) is 0.434. The van der Waals surface area contributed by atoms with Crippen LogP contribution in [0.1, 0.15) is 72.9 Å². The highest BCUT2D eigenvalue weighted by Crippen LogP contribution is 2.38. The van der Waals surface area contributed by atoms with Gasteiger partial charge in [-0.2, -0.15) is 0 Å². The second-order valence-corrected chi connectivity index (χ2v) is 12.6. The lowest BCUT2D eigenvalue weighted by Gasteiger charge is -2.33. The van der Waals surface area contributed by atoms with Crippen molar-refractivity contribution in [3.63, 3.8) is 0 Å². The van der Waals surface area contributed by atoms with Gasteiger partial charge in [0, 0.05) is 44.7 Å². The van der Waals surface area contributed by atoms with Crippen molar-refractivity contribution in [2.24, 2.45) is 13.0 Å². The second-order valence-electron chi connectivity index (χ2n) is 12.6. The monoisotopic (exact) mass is 577 g/mol. The van der Waals surface area contributed by atoms with Gasteiger partial charge < -0.3 is 33.6 Å². The number of ether oxygens (including phenoxy) is 3. The SMILES string of the molecule is COc1cc(C(=O)N2CCCC(NC(=O)OC(C)(C)C)C2)cc2nc(-c3cc4c(n3CC3CC3)C(=O)OCC4)n(C)c12. The van der Waals surface area contributed by atoms with Gasteiger partial charge in [0.05, 0.1) is 24.9 Å². The third kappa shape index (κ3) is 5.44. The van der Waals surface area contributed by atoms with Gasteiger partial charge in [0.1, 0.15) is 22.6 Å². The molecule has 6 rings (SSSR count). The number of carbonyl (C=O) groups excluding carboxylic acids is 3. The predicted molar refractivity (Wildman–Crippen MR) is 156 cm³/mol. The molecule has 1 unspecified atom stereocenters. The van der Waals surface area contributed by atoms with Gasteiger partial charge in [-0.3, -0.25) is 4.79 Å². The summed E-state index contributed by atoms with van der Waals surface area (Å²) in [6, 6.07) is 5.43. The van der Waals surface area contributed by atoms with Gasteiger partial charge in [-0.15, -0.1) is 0 Å². The number of fused-ring (bicyclic) bond motifs is 2. The standard InChI is InChI=1S/C31H39N5O6/c1-31(2,3)42-30(39)32-21-7-6-11-35(17-21)28(37)20-13-22-26(24(15-20)40-5)34(4)27(33-22)23-14-19-10-12-41-29(38)25(19)36(23)16-18-8-9-18/h13-15,18,21H,6-12,16-17H2,1-5H3,(H,32,39). The molecule has 2 fully saturated rings. The molecule has 1 aliphatic carbocycles. The molecule has 224 valence electrons. The summed E-state index contributed by atoms with van der Waals surface area (Å²) in [6.07, 6.45) is 4.03. The molecule has 3 aromatic rings. The zero-order valence-corrected chi connectivity index (χ0v) is 25.0. The summed E-state index contributed by atoms with van der Waals surface area (Å²) < 4.78 is 20.6. The van der Waals surface area contributed by atoms with E-state index in [9.17, 15) is 14.4 Å². The van der Waals surface area contributed by atoms with Gasteiger partial charge >= 0.3 is 12.1 Å². The zero-order valence-electron chi connectivity index (χ0n) is 25.0. The van der Waals surface area contributed by atoms with Crippen molar-refractivity contribution in [3.8, 4) is 17.3 Å². The number of nitrogens with zero attached hydrogens (tertiary/aromatic N) is 4. The van der Waals surface area contributed by atoms with Crippen molar-refractivity contribution >= 4 is 29.0 Å². The summed E-state index contributed by atoms with van der Waals surface area (Å²) in [6.45, 7) is 7.58. The van der Waals surface area contributed by atoms with Crippen LogP contribution in [0.25, 0.3) is 22.6 Å². The number of hydrogen-bond donors (Lipinski definition) is 1. The Hall–Kier alpha value is -4.02. The fourth-order valence-corrected chi connectivity index (χ4v) is 6.05. The highest BCUT2D eigenvalue weighted by Gasteiger charge is 2.33. The van der Waals surface area contributed by atoms with Crippen LogP contribution in [0.3, 0.4) is 0 Å². The molecule has 42 heavy (non-hydrogen) atoms. The van der Waals surface area contributed by atoms with E-state index in [2.05, 4.69) is 16.0 Å². The van der Waals surface area contributed by atoms with Crippen molar-refractivity contribution < 1.29 is 28.6 Å². The number of rotatable bonds is 6. The molecule has 1 aromatic carbocycles. The summed E-state index contributed by atoms with van der Waals surface area (Å²) in [5, 5.41) is 2.91. The molecule has 2 aromatic heterocycles. The first kappa shape index (κ1) is 28.1. The first-order valence-electron chi connectivity index (χ1n) is 14.8. The zero-order chi connectivity index (χ0) is 29.8. The molecule has 2 amide bonds. The largest absolute Gasteiger partial charge is 0.494 e. The lowest BCUT2D eigenvalue weighted by molar-refractivity contribution is 0.0449. The summed E-state index contributed by atoms with van der Waals surface area (Å²) in [5.74, 6) is 1.36. The first-order valence-corrected chi connectivity index (χ1v) is 14.8. The van der Waals surface area contributed by atoms with E-state index in [0.717, 1.165) is 49.0 Å². The smallest absolute Gasteiger partial charge is 0.407 e. The van der Waals surface area contributed by atoms with Gasteiger partial charge in [-0.25, -0.2) is 14.6 Å². The van der Waals surface area contributed by atoms with Crippen LogP contribution >= 0.6 is 0 Å². The molecule has 1 saturated heterocycles. The van der Waals surface area contributed by atoms with Crippen LogP contribution in [-0.2, 0) is 29.5 Å². The summed E-state index contributed by atoms with van der Waals surface area (Å²) in [7, 11) is 3.51. The Morgan fingerprint density at radius 3 is 2.67 bits per heavy atom. The summed E-state index contributed by atoms with van der Waals surface area (Å²) >= 11 is 0. The third-order valence-electron chi connectivity index (χ3n) is 8.17. The fraction of sp³-hybridized carbons (Fsp3) is 0.548. The number of aryl methyl sites for hydroxylation is 1. The molecule has 11 nitrogen and oxygen atoms in total. The summed E-state index contributed by atoms with van der Waals surface area (Å²) in [4.78, 5) is 45.6. The number of likely N-dealkylation sites (tertiary alicyclic amines) is 1. The molecule has 1 atom stereocenters. The van der Waals surface area contributed by atoms with E-state index in [1.807, 2.05) is 32.4 Å². The molecule has 1 saturated carbocycles. The first-order chi connectivity index (χ1) is 20.0. The van der Waals surface area contributed by atoms with E-state index in [4.69, 9.17) is 19.2 Å². The Kier molecular flexibility index (Phi) is 7.14. The number of benzene rings is 1. The number of amides is 2. The number of nitrogens with one attached hydrogen (secondary N) is 1. The van der Waals surface area contributed by atoms with Crippen molar-refractivity contribution in [2.75, 3.05) is 26.8 Å². The number of carbonyl (C=O) groups is 3. The van der Waals surface area contributed by atoms with E-state index in [1.165, 1.54) is 0 Å². The number of cyclic esters (lactones) is 1. The van der Waals surface area contributed by atoms with Crippen LogP contribution in [0, 0.1) is 5.92 Å². The van der Waals surface area contributed by atoms with E-state index in [-0.39, 0.29) is 17.9 Å². The Labute approximate surface area is 245 Å². The van der Waals surface area contributed by atoms with Crippen LogP contribution in [0.15, 0.2) is 18.2 Å². The minimum Gasteiger partial charge on any atom is -0.494 e. The number of imidazole rings is 1. The number of esters is 1. The third-order valence-corrected chi connectivity index (χ3v) is 8.17. The second kappa shape index (κ2) is 10.7. The average molecular weight is 578 g/mol. The van der Waals surface area contributed by atoms with E-state index >= 15 is 0 Å². The Morgan fingerprint density at radius 2 is 1.95 bits per heavy atom. The van der Waals surface area contributed by atoms with E-state index < -0.39 is 11.7 Å². The van der Waals surface area contributed by atoms with Gasteiger partial charge in [0.15, 0.2) is 5.82 Å². The Bertz CT molecular complexity index is 1560. The highest BCUT2D eigenvalue weighted by atomic mass is 16.6. The van der Waals surface area contributed by atoms with E-state index in [1.54, 1.807) is 24.1 Å². The molecule has 2 aliphatic heterocycles. The molecule has 0 radical (unpaired) electrons. The average Bonchev–Trinajstić information content (AvgIpc) is 3.59. The van der Waals surface area contributed by atoms with Gasteiger partial charge in [0.2, 0.25) is 0 Å².